The molecule has 10 rings (SSSR count). The number of hydrogen-bond acceptors (Lipinski definition) is 14. The van der Waals surface area contributed by atoms with E-state index in [2.05, 4.69) is 51.4 Å². The highest BCUT2D eigenvalue weighted by atomic mass is 19.1. The van der Waals surface area contributed by atoms with E-state index in [1.54, 1.807) is 142 Å². The molecule has 0 aliphatic heterocycles. The van der Waals surface area contributed by atoms with Crippen molar-refractivity contribution >= 4 is 40.3 Å². The second kappa shape index (κ2) is 20.4. The average molecular weight is 963 g/mol. The minimum Gasteiger partial charge on any atom is -0.453 e. The summed E-state index contributed by atoms with van der Waals surface area (Å²) in [7, 11) is 0. The maximum absolute atomic E-state index is 14.1. The Morgan fingerprint density at radius 3 is 1.63 bits per heavy atom. The quantitative estimate of drug-likeness (QED) is 0.0501. The van der Waals surface area contributed by atoms with E-state index >= 15 is 0 Å². The molecular formula is C52H52F2N12O5. The van der Waals surface area contributed by atoms with Crippen LogP contribution in [0.1, 0.15) is 93.0 Å². The molecule has 0 atom stereocenters. The van der Waals surface area contributed by atoms with E-state index in [4.69, 9.17) is 9.47 Å². The van der Waals surface area contributed by atoms with Gasteiger partial charge >= 0.3 is 0 Å². The molecule has 1 amide bonds. The van der Waals surface area contributed by atoms with E-state index in [1.807, 2.05) is 10.9 Å². The Labute approximate surface area is 408 Å². The first-order chi connectivity index (χ1) is 34.1. The van der Waals surface area contributed by atoms with Gasteiger partial charge in [-0.3, -0.25) is 24.1 Å². The second-order valence-corrected chi connectivity index (χ2v) is 18.2. The summed E-state index contributed by atoms with van der Waals surface area (Å²) in [4.78, 5) is 30.1. The number of amides is 1. The van der Waals surface area contributed by atoms with Crippen molar-refractivity contribution in [2.24, 2.45) is 0 Å². The van der Waals surface area contributed by atoms with Crippen molar-refractivity contribution in [2.75, 3.05) is 21.3 Å². The molecule has 0 bridgehead atoms. The summed E-state index contributed by atoms with van der Waals surface area (Å²) >= 11 is 0. The first kappa shape index (κ1) is 47.8. The Bertz CT molecular complexity index is 3160. The minimum absolute atomic E-state index is 0.0560. The number of nitrogens with one attached hydrogen (secondary N) is 4. The van der Waals surface area contributed by atoms with E-state index in [9.17, 15) is 23.8 Å². The topological polar surface area (TPSA) is 211 Å². The molecule has 2 aliphatic carbocycles. The lowest BCUT2D eigenvalue weighted by Gasteiger charge is -2.17. The van der Waals surface area contributed by atoms with Crippen molar-refractivity contribution < 1.29 is 33.3 Å². The summed E-state index contributed by atoms with van der Waals surface area (Å²) in [6.45, 7) is 7.02. The number of para-hydroxylation sites is 2. The summed E-state index contributed by atoms with van der Waals surface area (Å²) in [5.41, 5.74) is 1.59. The maximum Gasteiger partial charge on any atom is 0.280 e. The van der Waals surface area contributed by atoms with Gasteiger partial charge in [0.1, 0.15) is 51.7 Å². The number of carbonyl (C=O) groups excluding carboxylic acids is 1. The van der Waals surface area contributed by atoms with Crippen molar-refractivity contribution in [3.05, 3.63) is 169 Å². The van der Waals surface area contributed by atoms with Gasteiger partial charge in [-0.2, -0.15) is 10.2 Å². The van der Waals surface area contributed by atoms with Gasteiger partial charge in [0.25, 0.3) is 5.91 Å². The fraction of sp³-hybridized carbons (Fsp3) is 0.250. The Morgan fingerprint density at radius 2 is 1.11 bits per heavy atom. The molecule has 6 N–H and O–H groups in total. The molecule has 0 unspecified atom stereocenters. The molecule has 8 aromatic rings. The number of ether oxygens (including phenoxy) is 2. The van der Waals surface area contributed by atoms with Gasteiger partial charge in [0.05, 0.1) is 53.8 Å². The fourth-order valence-corrected chi connectivity index (χ4v) is 7.13. The Morgan fingerprint density at radius 1 is 0.634 bits per heavy atom. The zero-order valence-electron chi connectivity index (χ0n) is 39.3. The standard InChI is InChI=1S/C26H25FN6O3.C26H27FN6O2/c1-26(2,35)22-13-16(9-11-28-22)30-23-14-18(10-12-29-23)36-21-15-33(17-7-8-17)32-24(21)25(34)31-20-6-4-3-5-19(20)27;1-26(2,34)24-13-17(9-11-28-24)31-25-14-19(10-12-29-25)35-23-16-33(18-7-8-18)32-22(23)15-30-21-6-4-3-5-20(21)27/h3-6,9-15,17,35H,7-8H2,1-2H3,(H,31,34)(H,28,29,30);3-6,9-14,16,18,30,34H,7-8,15H2,1-2H3,(H,28,29,31). The molecule has 2 aromatic carbocycles. The maximum atomic E-state index is 14.1. The SMILES string of the molecule is CC(C)(O)c1cc(Nc2cc(Oc3cn(C4CC4)nc3C(=O)Nc3ccccc3F)ccn2)ccn1.CC(C)(O)c1cc(Nc2cc(Oc3cn(C4CC4)nc3CNc3ccccc3F)ccn2)ccn1. The zero-order chi connectivity index (χ0) is 49.7. The van der Waals surface area contributed by atoms with Gasteiger partial charge in [0.15, 0.2) is 17.2 Å². The Hall–Kier alpha value is -8.29. The Kier molecular flexibility index (Phi) is 13.7. The van der Waals surface area contributed by atoms with Crippen LogP contribution in [0.4, 0.5) is 43.2 Å². The lowest BCUT2D eigenvalue weighted by Crippen LogP contribution is -2.17. The third-order valence-electron chi connectivity index (χ3n) is 11.2. The van der Waals surface area contributed by atoms with Crippen LogP contribution >= 0.6 is 0 Å². The number of nitrogens with zero attached hydrogens (tertiary/aromatic N) is 8. The first-order valence-corrected chi connectivity index (χ1v) is 23.0. The van der Waals surface area contributed by atoms with E-state index in [0.29, 0.717) is 69.9 Å². The average Bonchev–Trinajstić information content (AvgIpc) is 4.29. The molecule has 6 aromatic heterocycles. The van der Waals surface area contributed by atoms with Crippen LogP contribution in [-0.4, -0.2) is 55.6 Å². The van der Waals surface area contributed by atoms with Crippen LogP contribution in [-0.2, 0) is 17.7 Å². The molecule has 2 saturated carbocycles. The van der Waals surface area contributed by atoms with Gasteiger partial charge in [0.2, 0.25) is 0 Å². The zero-order valence-corrected chi connectivity index (χ0v) is 39.3. The fourth-order valence-electron chi connectivity index (χ4n) is 7.13. The number of halogens is 2. The van der Waals surface area contributed by atoms with Crippen molar-refractivity contribution in [2.45, 2.75) is 83.2 Å². The van der Waals surface area contributed by atoms with Crippen LogP contribution in [0.2, 0.25) is 0 Å². The number of aromatic nitrogens is 8. The molecule has 0 spiro atoms. The molecule has 2 aliphatic rings. The number of benzene rings is 2. The van der Waals surface area contributed by atoms with E-state index in [0.717, 1.165) is 31.4 Å². The van der Waals surface area contributed by atoms with Gasteiger partial charge < -0.3 is 41.0 Å². The van der Waals surface area contributed by atoms with E-state index in [1.165, 1.54) is 18.2 Å². The van der Waals surface area contributed by atoms with Gasteiger partial charge in [0, 0.05) is 48.3 Å². The molecule has 0 radical (unpaired) electrons. The van der Waals surface area contributed by atoms with Gasteiger partial charge in [-0.15, -0.1) is 0 Å². The molecule has 0 saturated heterocycles. The summed E-state index contributed by atoms with van der Waals surface area (Å²) in [5, 5.41) is 41.6. The van der Waals surface area contributed by atoms with Crippen LogP contribution in [0.5, 0.6) is 23.0 Å². The molecule has 17 nitrogen and oxygen atoms in total. The normalized spacial score (nSPS) is 13.4. The predicted molar refractivity (Wildman–Crippen MR) is 263 cm³/mol. The van der Waals surface area contributed by atoms with Crippen LogP contribution in [0.25, 0.3) is 0 Å². The monoisotopic (exact) mass is 962 g/mol. The number of aliphatic hydroxyl groups is 2. The highest BCUT2D eigenvalue weighted by molar-refractivity contribution is 6.04. The van der Waals surface area contributed by atoms with Crippen LogP contribution < -0.4 is 30.7 Å². The molecule has 364 valence electrons. The molecular weight excluding hydrogens is 911 g/mol. The number of pyridine rings is 4. The highest BCUT2D eigenvalue weighted by Crippen LogP contribution is 2.39. The van der Waals surface area contributed by atoms with Gasteiger partial charge in [-0.1, -0.05) is 24.3 Å². The molecule has 19 heteroatoms. The van der Waals surface area contributed by atoms with E-state index < -0.39 is 22.9 Å². The van der Waals surface area contributed by atoms with Crippen LogP contribution in [0.3, 0.4) is 0 Å². The van der Waals surface area contributed by atoms with Gasteiger partial charge in [-0.05, 0) is 114 Å². The van der Waals surface area contributed by atoms with Crippen molar-refractivity contribution in [3.63, 3.8) is 0 Å². The summed E-state index contributed by atoms with van der Waals surface area (Å²) < 4.78 is 44.0. The summed E-state index contributed by atoms with van der Waals surface area (Å²) in [6, 6.07) is 27.0. The van der Waals surface area contributed by atoms with Crippen molar-refractivity contribution in [1.29, 1.82) is 0 Å². The van der Waals surface area contributed by atoms with Crippen LogP contribution in [0.15, 0.2) is 134 Å². The smallest absolute Gasteiger partial charge is 0.280 e. The Balaban J connectivity index is 0.000000176. The molecule has 6 heterocycles. The second-order valence-electron chi connectivity index (χ2n) is 18.2. The lowest BCUT2D eigenvalue weighted by molar-refractivity contribution is 0.0734. The van der Waals surface area contributed by atoms with Crippen molar-refractivity contribution in [1.82, 2.24) is 39.5 Å². The number of rotatable bonds is 17. The summed E-state index contributed by atoms with van der Waals surface area (Å²) in [5.74, 6) is 1.52. The lowest BCUT2D eigenvalue weighted by atomic mass is 10.0. The predicted octanol–water partition coefficient (Wildman–Crippen LogP) is 10.7. The van der Waals surface area contributed by atoms with Crippen LogP contribution in [0, 0.1) is 11.6 Å². The van der Waals surface area contributed by atoms with E-state index in [-0.39, 0.29) is 29.0 Å². The largest absolute Gasteiger partial charge is 0.453 e. The first-order valence-electron chi connectivity index (χ1n) is 23.0. The van der Waals surface area contributed by atoms with Crippen molar-refractivity contribution in [3.8, 4) is 23.0 Å². The van der Waals surface area contributed by atoms with Gasteiger partial charge in [-0.25, -0.2) is 18.7 Å². The number of hydrogen-bond donors (Lipinski definition) is 6. The third kappa shape index (κ3) is 12.5. The highest BCUT2D eigenvalue weighted by Gasteiger charge is 2.30. The summed E-state index contributed by atoms with van der Waals surface area (Å²) in [6.07, 6.45) is 14.1. The number of carbonyl (C=O) groups is 1. The number of anilines is 6. The minimum atomic E-state index is -1.09. The molecule has 2 fully saturated rings. The third-order valence-corrected chi connectivity index (χ3v) is 11.2. The molecule has 71 heavy (non-hydrogen) atoms.